The summed E-state index contributed by atoms with van der Waals surface area (Å²) in [7, 11) is 0. The summed E-state index contributed by atoms with van der Waals surface area (Å²) >= 11 is 0. The van der Waals surface area contributed by atoms with Crippen LogP contribution in [0.3, 0.4) is 0 Å². The van der Waals surface area contributed by atoms with Crippen LogP contribution >= 0.6 is 0 Å². The number of hydrazine groups is 2. The molecule has 3 nitrogen and oxygen atoms in total. The lowest BCUT2D eigenvalue weighted by Crippen LogP contribution is -2.47. The third-order valence-electron chi connectivity index (χ3n) is 5.91. The van der Waals surface area contributed by atoms with Crippen LogP contribution < -0.4 is 11.3 Å². The van der Waals surface area contributed by atoms with E-state index in [2.05, 4.69) is 73.1 Å². The third-order valence-corrected chi connectivity index (χ3v) is 5.91. The molecule has 4 rings (SSSR count). The normalized spacial score (nSPS) is 29.6. The highest BCUT2D eigenvalue weighted by atomic mass is 15.7. The molecule has 0 spiro atoms. The van der Waals surface area contributed by atoms with Crippen LogP contribution in [0.25, 0.3) is 0 Å². The molecule has 26 heavy (non-hydrogen) atoms. The number of nitrogens with zero attached hydrogens (tertiary/aromatic N) is 1. The van der Waals surface area contributed by atoms with Gasteiger partial charge in [-0.3, -0.25) is 5.84 Å². The lowest BCUT2D eigenvalue weighted by atomic mass is 9.72. The molecule has 0 radical (unpaired) electrons. The Morgan fingerprint density at radius 2 is 2.12 bits per heavy atom. The van der Waals surface area contributed by atoms with E-state index in [4.69, 9.17) is 5.84 Å². The van der Waals surface area contributed by atoms with Gasteiger partial charge in [-0.15, -0.1) is 0 Å². The number of rotatable bonds is 5. The zero-order valence-corrected chi connectivity index (χ0v) is 15.6. The van der Waals surface area contributed by atoms with Crippen molar-refractivity contribution in [1.82, 2.24) is 10.5 Å². The highest BCUT2D eigenvalue weighted by Crippen LogP contribution is 2.41. The van der Waals surface area contributed by atoms with Gasteiger partial charge in [0.2, 0.25) is 0 Å². The highest BCUT2D eigenvalue weighted by Gasteiger charge is 2.29. The topological polar surface area (TPSA) is 41.3 Å². The van der Waals surface area contributed by atoms with E-state index in [1.54, 1.807) is 5.12 Å². The Morgan fingerprint density at radius 3 is 3.04 bits per heavy atom. The van der Waals surface area contributed by atoms with Crippen molar-refractivity contribution in [1.29, 1.82) is 0 Å². The number of fused-ring (bicyclic) bond motifs is 1. The first-order chi connectivity index (χ1) is 12.6. The zero-order valence-electron chi connectivity index (χ0n) is 15.6. The van der Waals surface area contributed by atoms with E-state index in [0.29, 0.717) is 5.92 Å². The number of allylic oxidation sites excluding steroid dienone is 12. The first-order valence-electron chi connectivity index (χ1n) is 9.71. The fourth-order valence-electron chi connectivity index (χ4n) is 4.35. The smallest absolute Gasteiger partial charge is 0.0352 e. The Hall–Kier alpha value is -1.94. The Kier molecular flexibility index (Phi) is 4.94. The minimum atomic E-state index is 0.127. The van der Waals surface area contributed by atoms with Crippen molar-refractivity contribution in [2.24, 2.45) is 17.2 Å². The first-order valence-corrected chi connectivity index (χ1v) is 9.71. The van der Waals surface area contributed by atoms with Crippen LogP contribution in [-0.2, 0) is 0 Å². The van der Waals surface area contributed by atoms with Crippen LogP contribution in [0, 0.1) is 11.3 Å². The maximum atomic E-state index is 6.24. The van der Waals surface area contributed by atoms with Gasteiger partial charge in [-0.25, -0.2) is 5.43 Å². The van der Waals surface area contributed by atoms with Gasteiger partial charge < -0.3 is 0 Å². The van der Waals surface area contributed by atoms with E-state index in [9.17, 15) is 0 Å². The van der Waals surface area contributed by atoms with Crippen molar-refractivity contribution < 1.29 is 0 Å². The summed E-state index contributed by atoms with van der Waals surface area (Å²) < 4.78 is 0. The molecule has 3 N–H and O–H groups in total. The van der Waals surface area contributed by atoms with Gasteiger partial charge in [-0.05, 0) is 48.3 Å². The van der Waals surface area contributed by atoms with Crippen molar-refractivity contribution in [3.05, 3.63) is 83.1 Å². The van der Waals surface area contributed by atoms with Gasteiger partial charge in [0.25, 0.3) is 0 Å². The standard InChI is InChI=1S/C23H29N3/c1-23-13-5-4-8-22(23)12-10-19(15-23)16-25-26(24)17-18-9-11-20-6-2-3-7-21(20)14-18/h3-5,7-13,18,25H,2,6,14-17,24H2,1H3. The summed E-state index contributed by atoms with van der Waals surface area (Å²) in [6.45, 7) is 3.94. The molecule has 0 amide bonds. The number of nitrogens with two attached hydrogens (primary N) is 1. The Morgan fingerprint density at radius 1 is 1.19 bits per heavy atom. The quantitative estimate of drug-likeness (QED) is 0.576. The first kappa shape index (κ1) is 17.5. The molecule has 0 aromatic heterocycles. The fourth-order valence-corrected chi connectivity index (χ4v) is 4.35. The molecule has 0 aromatic carbocycles. The average Bonchev–Trinajstić information content (AvgIpc) is 2.65. The van der Waals surface area contributed by atoms with Gasteiger partial charge in [0.1, 0.15) is 0 Å². The van der Waals surface area contributed by atoms with Gasteiger partial charge in [-0.2, -0.15) is 5.12 Å². The van der Waals surface area contributed by atoms with Crippen molar-refractivity contribution in [2.75, 3.05) is 13.1 Å². The van der Waals surface area contributed by atoms with E-state index in [0.717, 1.165) is 25.9 Å². The Labute approximate surface area is 157 Å². The molecule has 4 aliphatic carbocycles. The van der Waals surface area contributed by atoms with Crippen molar-refractivity contribution in [2.45, 2.75) is 32.6 Å². The maximum absolute atomic E-state index is 6.24. The fraction of sp³-hybridized carbons (Fsp3) is 0.391. The lowest BCUT2D eigenvalue weighted by Gasteiger charge is -2.34. The molecule has 0 saturated heterocycles. The third kappa shape index (κ3) is 3.75. The van der Waals surface area contributed by atoms with Crippen molar-refractivity contribution in [3.63, 3.8) is 0 Å². The summed E-state index contributed by atoms with van der Waals surface area (Å²) in [6, 6.07) is 0. The second-order valence-electron chi connectivity index (χ2n) is 8.06. The molecular weight excluding hydrogens is 318 g/mol. The molecule has 0 heterocycles. The second kappa shape index (κ2) is 7.36. The Bertz CT molecular complexity index is 775. The van der Waals surface area contributed by atoms with Crippen LogP contribution in [0.5, 0.6) is 0 Å². The monoisotopic (exact) mass is 347 g/mol. The van der Waals surface area contributed by atoms with Gasteiger partial charge in [0.05, 0.1) is 0 Å². The molecule has 2 atom stereocenters. The summed E-state index contributed by atoms with van der Waals surface area (Å²) in [5, 5.41) is 1.77. The zero-order chi connectivity index (χ0) is 18.0. The summed E-state index contributed by atoms with van der Waals surface area (Å²) in [6.07, 6.45) is 27.0. The molecule has 0 saturated carbocycles. The molecular formula is C23H29N3. The van der Waals surface area contributed by atoms with E-state index < -0.39 is 0 Å². The van der Waals surface area contributed by atoms with E-state index in [1.165, 1.54) is 35.1 Å². The predicted molar refractivity (Wildman–Crippen MR) is 109 cm³/mol. The molecule has 0 bridgehead atoms. The number of hydrogen-bond donors (Lipinski definition) is 2. The summed E-state index contributed by atoms with van der Waals surface area (Å²) in [5.74, 6) is 6.72. The number of hydrogen-bond acceptors (Lipinski definition) is 3. The Balaban J connectivity index is 1.29. The van der Waals surface area contributed by atoms with Gasteiger partial charge >= 0.3 is 0 Å². The minimum Gasteiger partial charge on any atom is -0.255 e. The van der Waals surface area contributed by atoms with E-state index >= 15 is 0 Å². The minimum absolute atomic E-state index is 0.127. The summed E-state index contributed by atoms with van der Waals surface area (Å²) in [4.78, 5) is 0. The van der Waals surface area contributed by atoms with Crippen LogP contribution in [-0.4, -0.2) is 18.2 Å². The van der Waals surface area contributed by atoms with Gasteiger partial charge in [-0.1, -0.05) is 73.3 Å². The van der Waals surface area contributed by atoms with Crippen molar-refractivity contribution >= 4 is 0 Å². The van der Waals surface area contributed by atoms with Crippen LogP contribution in [0.15, 0.2) is 83.1 Å². The van der Waals surface area contributed by atoms with E-state index in [1.807, 2.05) is 0 Å². The molecule has 0 fully saturated rings. The van der Waals surface area contributed by atoms with Crippen LogP contribution in [0.4, 0.5) is 0 Å². The molecule has 4 aliphatic rings. The lowest BCUT2D eigenvalue weighted by molar-refractivity contribution is 0.177. The SMILES string of the molecule is CC12C=CC=CC1=CC=C(CNN(N)CC1C=CC3=C(C=CCC3)C1)C2. The van der Waals surface area contributed by atoms with Crippen LogP contribution in [0.2, 0.25) is 0 Å². The highest BCUT2D eigenvalue weighted by molar-refractivity contribution is 5.45. The molecule has 2 unspecified atom stereocenters. The van der Waals surface area contributed by atoms with Crippen molar-refractivity contribution in [3.8, 4) is 0 Å². The summed E-state index contributed by atoms with van der Waals surface area (Å²) in [5.41, 5.74) is 9.31. The maximum Gasteiger partial charge on any atom is 0.0352 e. The number of nitrogens with one attached hydrogen (secondary N) is 1. The molecule has 0 aromatic rings. The van der Waals surface area contributed by atoms with Gasteiger partial charge in [0.15, 0.2) is 0 Å². The molecule has 0 aliphatic heterocycles. The van der Waals surface area contributed by atoms with Crippen LogP contribution in [0.1, 0.15) is 32.6 Å². The van der Waals surface area contributed by atoms with E-state index in [-0.39, 0.29) is 5.41 Å². The molecule has 136 valence electrons. The van der Waals surface area contributed by atoms with Gasteiger partial charge in [0, 0.05) is 18.5 Å². The average molecular weight is 348 g/mol. The molecule has 3 heteroatoms. The largest absolute Gasteiger partial charge is 0.255 e. The second-order valence-corrected chi connectivity index (χ2v) is 8.06. The predicted octanol–water partition coefficient (Wildman–Crippen LogP) is 4.28.